The highest BCUT2D eigenvalue weighted by Gasteiger charge is 2.35. The number of aryl methyl sites for hydroxylation is 1. The molecule has 0 aliphatic carbocycles. The van der Waals surface area contributed by atoms with Crippen LogP contribution < -0.4 is 0 Å². The molecule has 0 aliphatic heterocycles. The van der Waals surface area contributed by atoms with Crippen molar-refractivity contribution in [2.75, 3.05) is 61.0 Å². The van der Waals surface area contributed by atoms with Gasteiger partial charge in [0.15, 0.2) is 5.78 Å². The van der Waals surface area contributed by atoms with E-state index in [1.165, 1.54) is 21.3 Å². The molecular weight excluding hydrogens is 460 g/mol. The van der Waals surface area contributed by atoms with Crippen molar-refractivity contribution >= 4 is 23.7 Å². The van der Waals surface area contributed by atoms with Gasteiger partial charge < -0.3 is 28.4 Å². The fourth-order valence-electron chi connectivity index (χ4n) is 3.10. The summed E-state index contributed by atoms with van der Waals surface area (Å²) in [5, 5.41) is 0. The number of hydrogen-bond acceptors (Lipinski definition) is 10. The molecule has 35 heavy (non-hydrogen) atoms. The van der Waals surface area contributed by atoms with Crippen LogP contribution in [-0.4, -0.2) is 84.7 Å². The lowest BCUT2D eigenvalue weighted by atomic mass is 9.83. The van der Waals surface area contributed by atoms with Gasteiger partial charge in [0, 0.05) is 17.4 Å². The van der Waals surface area contributed by atoms with Gasteiger partial charge in [0.05, 0.1) is 80.2 Å². The molecule has 1 aromatic rings. The third-order valence-corrected chi connectivity index (χ3v) is 5.17. The monoisotopic (exact) mass is 496 g/mol. The second-order valence-corrected chi connectivity index (χ2v) is 8.10. The third kappa shape index (κ3) is 12.4. The average molecular weight is 497 g/mol. The Morgan fingerprint density at radius 3 is 1.37 bits per heavy atom. The predicted molar refractivity (Wildman–Crippen MR) is 125 cm³/mol. The average Bonchev–Trinajstić information content (AvgIpc) is 2.86. The second kappa shape index (κ2) is 16.7. The summed E-state index contributed by atoms with van der Waals surface area (Å²) in [6.07, 6.45) is 0.158. The number of benzene rings is 1. The van der Waals surface area contributed by atoms with Crippen molar-refractivity contribution in [3.8, 4) is 0 Å². The van der Waals surface area contributed by atoms with Gasteiger partial charge in [-0.25, -0.2) is 0 Å². The zero-order chi connectivity index (χ0) is 26.1. The van der Waals surface area contributed by atoms with Crippen molar-refractivity contribution in [1.82, 2.24) is 0 Å². The van der Waals surface area contributed by atoms with Crippen molar-refractivity contribution < 1.29 is 47.6 Å². The Labute approximate surface area is 206 Å². The van der Waals surface area contributed by atoms with Crippen molar-refractivity contribution in [2.24, 2.45) is 5.41 Å². The molecule has 10 nitrogen and oxygen atoms in total. The number of esters is 3. The molecule has 10 heteroatoms. The normalized spacial score (nSPS) is 11.1. The molecule has 0 amide bonds. The minimum atomic E-state index is -0.940. The van der Waals surface area contributed by atoms with Gasteiger partial charge in [0.2, 0.25) is 0 Å². The Balaban J connectivity index is 2.99. The van der Waals surface area contributed by atoms with Gasteiger partial charge in [-0.1, -0.05) is 29.8 Å². The van der Waals surface area contributed by atoms with Crippen LogP contribution in [0.25, 0.3) is 0 Å². The van der Waals surface area contributed by atoms with Gasteiger partial charge >= 0.3 is 17.9 Å². The highest BCUT2D eigenvalue weighted by atomic mass is 16.5. The van der Waals surface area contributed by atoms with E-state index in [9.17, 15) is 19.2 Å². The summed E-state index contributed by atoms with van der Waals surface area (Å²) in [4.78, 5) is 47.5. The fourth-order valence-corrected chi connectivity index (χ4v) is 3.10. The molecule has 0 saturated carbocycles. The van der Waals surface area contributed by atoms with E-state index in [4.69, 9.17) is 14.2 Å². The summed E-state index contributed by atoms with van der Waals surface area (Å²) in [5.41, 5.74) is 0.611. The van der Waals surface area contributed by atoms with Gasteiger partial charge in [-0.2, -0.15) is 0 Å². The second-order valence-electron chi connectivity index (χ2n) is 8.10. The van der Waals surface area contributed by atoms with Gasteiger partial charge in [0.25, 0.3) is 0 Å². The van der Waals surface area contributed by atoms with Crippen molar-refractivity contribution in [3.63, 3.8) is 0 Å². The largest absolute Gasteiger partial charge is 0.469 e. The van der Waals surface area contributed by atoms with Crippen LogP contribution in [0.5, 0.6) is 0 Å². The number of rotatable bonds is 18. The van der Waals surface area contributed by atoms with Crippen LogP contribution in [0.15, 0.2) is 24.3 Å². The first-order valence-electron chi connectivity index (χ1n) is 11.3. The zero-order valence-electron chi connectivity index (χ0n) is 21.0. The lowest BCUT2D eigenvalue weighted by Crippen LogP contribution is -2.40. The summed E-state index contributed by atoms with van der Waals surface area (Å²) in [5.74, 6) is -1.41. The smallest absolute Gasteiger partial charge is 0.307 e. The Morgan fingerprint density at radius 1 is 0.657 bits per heavy atom. The minimum Gasteiger partial charge on any atom is -0.469 e. The molecule has 196 valence electrons. The van der Waals surface area contributed by atoms with Gasteiger partial charge in [-0.05, 0) is 6.92 Å². The molecule has 0 heterocycles. The summed E-state index contributed by atoms with van der Waals surface area (Å²) >= 11 is 0. The van der Waals surface area contributed by atoms with E-state index in [1.54, 1.807) is 12.1 Å². The van der Waals surface area contributed by atoms with Crippen molar-refractivity contribution in [2.45, 2.75) is 32.6 Å². The van der Waals surface area contributed by atoms with Crippen LogP contribution in [0.1, 0.15) is 41.6 Å². The van der Waals surface area contributed by atoms with Gasteiger partial charge in [-0.3, -0.25) is 19.2 Å². The van der Waals surface area contributed by atoms with Crippen molar-refractivity contribution in [1.29, 1.82) is 0 Å². The Hall–Kier alpha value is -2.82. The van der Waals surface area contributed by atoms with Crippen LogP contribution in [0.2, 0.25) is 0 Å². The lowest BCUT2D eigenvalue weighted by molar-refractivity contribution is -0.142. The predicted octanol–water partition coefficient (Wildman–Crippen LogP) is 2.29. The van der Waals surface area contributed by atoms with Gasteiger partial charge in [0.1, 0.15) is 0 Å². The number of carbonyl (C=O) groups excluding carboxylic acids is 4. The molecular formula is C25H36O10. The highest BCUT2D eigenvalue weighted by molar-refractivity contribution is 5.96. The molecule has 0 atom stereocenters. The van der Waals surface area contributed by atoms with Crippen LogP contribution in [0.4, 0.5) is 0 Å². The maximum atomic E-state index is 13.1. The van der Waals surface area contributed by atoms with Crippen LogP contribution >= 0.6 is 0 Å². The summed E-state index contributed by atoms with van der Waals surface area (Å²) < 4.78 is 31.1. The number of Topliss-reactive ketones (excluding diaryl/α,β-unsaturated/α-hetero) is 1. The first-order valence-corrected chi connectivity index (χ1v) is 11.3. The molecule has 0 saturated heterocycles. The number of hydrogen-bond donors (Lipinski definition) is 0. The molecule has 0 bridgehead atoms. The Bertz CT molecular complexity index is 743. The number of carbonyl (C=O) groups is 4. The minimum absolute atomic E-state index is 0.0186. The van der Waals surface area contributed by atoms with E-state index in [-0.39, 0.29) is 71.1 Å². The lowest BCUT2D eigenvalue weighted by Gasteiger charge is -2.32. The molecule has 1 rings (SSSR count). The molecule has 0 spiro atoms. The van der Waals surface area contributed by atoms with E-state index in [0.29, 0.717) is 5.56 Å². The first-order chi connectivity index (χ1) is 16.7. The van der Waals surface area contributed by atoms with Gasteiger partial charge in [-0.15, -0.1) is 0 Å². The van der Waals surface area contributed by atoms with E-state index in [1.807, 2.05) is 19.1 Å². The molecule has 0 unspecified atom stereocenters. The molecule has 1 aromatic carbocycles. The molecule has 0 N–H and O–H groups in total. The van der Waals surface area contributed by atoms with E-state index in [0.717, 1.165) is 5.56 Å². The number of ketones is 1. The maximum Gasteiger partial charge on any atom is 0.307 e. The van der Waals surface area contributed by atoms with E-state index >= 15 is 0 Å². The molecule has 0 fully saturated rings. The SMILES string of the molecule is COC(=O)CCOCC(COCCC(=O)OC)(COCCC(=O)OC)CC(=O)c1ccc(C)cc1. The van der Waals surface area contributed by atoms with Crippen LogP contribution in [-0.2, 0) is 42.8 Å². The standard InChI is InChI=1S/C25H36O10/c1-19-5-7-20(8-6-19)21(26)15-25(16-33-12-9-22(27)30-2,17-34-13-10-23(28)31-3)18-35-14-11-24(29)32-4/h5-8H,9-18H2,1-4H3. The van der Waals surface area contributed by atoms with E-state index < -0.39 is 23.3 Å². The molecule has 0 aromatic heterocycles. The Morgan fingerprint density at radius 2 is 1.03 bits per heavy atom. The van der Waals surface area contributed by atoms with Crippen LogP contribution in [0, 0.1) is 12.3 Å². The quantitative estimate of drug-likeness (QED) is 0.129. The topological polar surface area (TPSA) is 124 Å². The van der Waals surface area contributed by atoms with Crippen molar-refractivity contribution in [3.05, 3.63) is 35.4 Å². The Kier molecular flexibility index (Phi) is 14.5. The third-order valence-electron chi connectivity index (χ3n) is 5.17. The number of ether oxygens (including phenoxy) is 6. The summed E-state index contributed by atoms with van der Waals surface area (Å²) in [6.45, 7) is 2.29. The highest BCUT2D eigenvalue weighted by Crippen LogP contribution is 2.27. The summed E-state index contributed by atoms with van der Waals surface area (Å²) in [7, 11) is 3.87. The first kappa shape index (κ1) is 30.2. The fraction of sp³-hybridized carbons (Fsp3) is 0.600. The van der Waals surface area contributed by atoms with Crippen LogP contribution in [0.3, 0.4) is 0 Å². The molecule has 0 aliphatic rings. The maximum absolute atomic E-state index is 13.1. The van der Waals surface area contributed by atoms with E-state index in [2.05, 4.69) is 14.2 Å². The molecule has 0 radical (unpaired) electrons. The summed E-state index contributed by atoms with van der Waals surface area (Å²) in [6, 6.07) is 7.19. The zero-order valence-corrected chi connectivity index (χ0v) is 21.0. The number of methoxy groups -OCH3 is 3.